The van der Waals surface area contributed by atoms with Gasteiger partial charge in [0.05, 0.1) is 15.9 Å². The number of hydrogen-bond acceptors (Lipinski definition) is 3. The molecule has 0 aliphatic heterocycles. The van der Waals surface area contributed by atoms with Crippen LogP contribution < -0.4 is 0 Å². The van der Waals surface area contributed by atoms with Gasteiger partial charge in [0.25, 0.3) is 0 Å². The number of nitrogens with zero attached hydrogens (tertiary/aromatic N) is 2. The lowest BCUT2D eigenvalue weighted by Crippen LogP contribution is -2.17. The Balaban J connectivity index is 2.14. The van der Waals surface area contributed by atoms with Gasteiger partial charge in [-0.25, -0.2) is 9.97 Å². The molecule has 5 heteroatoms. The first-order valence-corrected chi connectivity index (χ1v) is 8.94. The highest BCUT2D eigenvalue weighted by Gasteiger charge is 2.23. The van der Waals surface area contributed by atoms with Gasteiger partial charge in [-0.3, -0.25) is 0 Å². The topological polar surface area (TPSA) is 25.8 Å². The monoisotopic (exact) mass is 362 g/mol. The van der Waals surface area contributed by atoms with Crippen LogP contribution in [0.1, 0.15) is 58.0 Å². The van der Waals surface area contributed by atoms with Crippen molar-refractivity contribution in [1.82, 2.24) is 9.97 Å². The molecule has 2 rings (SSSR count). The fraction of sp³-hybridized carbons (Fsp3) is 0.714. The van der Waals surface area contributed by atoms with Crippen LogP contribution in [-0.4, -0.2) is 15.2 Å². The third-order valence-corrected chi connectivity index (χ3v) is 5.94. The zero-order chi connectivity index (χ0) is 14.0. The van der Waals surface area contributed by atoms with Crippen LogP contribution in [-0.2, 0) is 11.2 Å². The van der Waals surface area contributed by atoms with Gasteiger partial charge in [0.15, 0.2) is 0 Å². The van der Waals surface area contributed by atoms with Crippen LogP contribution in [0.25, 0.3) is 0 Å². The molecule has 0 saturated heterocycles. The van der Waals surface area contributed by atoms with Crippen molar-refractivity contribution in [3.63, 3.8) is 0 Å². The molecule has 1 aliphatic carbocycles. The smallest absolute Gasteiger partial charge is 0.147 e. The van der Waals surface area contributed by atoms with Gasteiger partial charge in [-0.05, 0) is 28.8 Å². The van der Waals surface area contributed by atoms with Crippen LogP contribution in [0.4, 0.5) is 0 Å². The van der Waals surface area contributed by atoms with E-state index in [1.807, 2.05) is 11.8 Å². The maximum absolute atomic E-state index is 6.21. The Morgan fingerprint density at radius 1 is 1.26 bits per heavy atom. The molecular weight excluding hydrogens is 344 g/mol. The molecule has 0 spiro atoms. The van der Waals surface area contributed by atoms with E-state index in [0.717, 1.165) is 27.0 Å². The van der Waals surface area contributed by atoms with Crippen molar-refractivity contribution in [1.29, 1.82) is 0 Å². The van der Waals surface area contributed by atoms with Crippen molar-refractivity contribution in [2.45, 2.75) is 62.9 Å². The standard InChI is InChI=1S/C14H20BrClN2S/c1-14(2,3)12-11(15)13(16)18-10(17-12)8-19-9-6-4-5-7-9/h9H,4-8H2,1-3H3. The maximum atomic E-state index is 6.21. The van der Waals surface area contributed by atoms with Gasteiger partial charge < -0.3 is 0 Å². The second-order valence-corrected chi connectivity index (χ2v) is 8.50. The lowest BCUT2D eigenvalue weighted by molar-refractivity contribution is 0.560. The van der Waals surface area contributed by atoms with Crippen LogP contribution in [0.2, 0.25) is 5.15 Å². The van der Waals surface area contributed by atoms with E-state index >= 15 is 0 Å². The Morgan fingerprint density at radius 2 is 1.89 bits per heavy atom. The Hall–Kier alpha value is 0.200. The highest BCUT2D eigenvalue weighted by Crippen LogP contribution is 2.34. The van der Waals surface area contributed by atoms with Crippen LogP contribution in [0.15, 0.2) is 4.47 Å². The molecule has 0 atom stereocenters. The van der Waals surface area contributed by atoms with E-state index in [1.54, 1.807) is 0 Å². The van der Waals surface area contributed by atoms with E-state index < -0.39 is 0 Å². The van der Waals surface area contributed by atoms with Crippen molar-refractivity contribution < 1.29 is 0 Å². The van der Waals surface area contributed by atoms with Crippen molar-refractivity contribution in [2.24, 2.45) is 0 Å². The summed E-state index contributed by atoms with van der Waals surface area (Å²) in [5.74, 6) is 1.72. The Bertz CT molecular complexity index is 453. The van der Waals surface area contributed by atoms with Gasteiger partial charge in [-0.15, -0.1) is 0 Å². The lowest BCUT2D eigenvalue weighted by Gasteiger charge is -2.20. The predicted molar refractivity (Wildman–Crippen MR) is 87.0 cm³/mol. The molecule has 106 valence electrons. The molecule has 0 bridgehead atoms. The average molecular weight is 364 g/mol. The van der Waals surface area contributed by atoms with Crippen LogP contribution in [0.3, 0.4) is 0 Å². The number of aromatic nitrogens is 2. The molecular formula is C14H20BrClN2S. The molecule has 0 unspecified atom stereocenters. The first kappa shape index (κ1) is 15.6. The van der Waals surface area contributed by atoms with Crippen LogP contribution in [0, 0.1) is 0 Å². The summed E-state index contributed by atoms with van der Waals surface area (Å²) in [6.07, 6.45) is 5.40. The summed E-state index contributed by atoms with van der Waals surface area (Å²) in [6, 6.07) is 0. The number of thioether (sulfide) groups is 1. The van der Waals surface area contributed by atoms with E-state index in [2.05, 4.69) is 41.7 Å². The second kappa shape index (κ2) is 6.31. The average Bonchev–Trinajstić information content (AvgIpc) is 2.82. The summed E-state index contributed by atoms with van der Waals surface area (Å²) < 4.78 is 0.830. The van der Waals surface area contributed by atoms with E-state index in [-0.39, 0.29) is 5.41 Å². The first-order chi connectivity index (χ1) is 8.88. The molecule has 1 aliphatic rings. The Morgan fingerprint density at radius 3 is 2.47 bits per heavy atom. The molecule has 19 heavy (non-hydrogen) atoms. The van der Waals surface area contributed by atoms with Crippen LogP contribution in [0.5, 0.6) is 0 Å². The summed E-state index contributed by atoms with van der Waals surface area (Å²) in [5.41, 5.74) is 0.965. The Labute approximate surface area is 133 Å². The summed E-state index contributed by atoms with van der Waals surface area (Å²) >= 11 is 11.7. The summed E-state index contributed by atoms with van der Waals surface area (Å²) in [5, 5.41) is 1.31. The second-order valence-electron chi connectivity index (χ2n) is 6.06. The third kappa shape index (κ3) is 4.08. The lowest BCUT2D eigenvalue weighted by atomic mass is 9.92. The van der Waals surface area contributed by atoms with E-state index in [1.165, 1.54) is 25.7 Å². The minimum atomic E-state index is -0.0296. The fourth-order valence-electron chi connectivity index (χ4n) is 2.27. The van der Waals surface area contributed by atoms with Gasteiger partial charge in [-0.1, -0.05) is 45.2 Å². The van der Waals surface area contributed by atoms with Crippen molar-refractivity contribution in [2.75, 3.05) is 0 Å². The van der Waals surface area contributed by atoms with E-state index in [9.17, 15) is 0 Å². The first-order valence-electron chi connectivity index (χ1n) is 6.72. The molecule has 1 heterocycles. The number of rotatable bonds is 3. The molecule has 2 nitrogen and oxygen atoms in total. The molecule has 1 aromatic heterocycles. The zero-order valence-electron chi connectivity index (χ0n) is 11.7. The Kier molecular flexibility index (Phi) is 5.18. The predicted octanol–water partition coefficient (Wildman–Crippen LogP) is 5.37. The van der Waals surface area contributed by atoms with Crippen molar-refractivity contribution >= 4 is 39.3 Å². The van der Waals surface area contributed by atoms with Gasteiger partial charge in [0, 0.05) is 10.7 Å². The third-order valence-electron chi connectivity index (χ3n) is 3.32. The van der Waals surface area contributed by atoms with E-state index in [0.29, 0.717) is 5.15 Å². The SMILES string of the molecule is CC(C)(C)c1nc(CSC2CCCC2)nc(Cl)c1Br. The van der Waals surface area contributed by atoms with Gasteiger partial charge in [0.2, 0.25) is 0 Å². The largest absolute Gasteiger partial charge is 0.235 e. The molecule has 0 aromatic carbocycles. The van der Waals surface area contributed by atoms with Gasteiger partial charge >= 0.3 is 0 Å². The minimum Gasteiger partial charge on any atom is -0.235 e. The van der Waals surface area contributed by atoms with Crippen molar-refractivity contribution in [3.8, 4) is 0 Å². The summed E-state index contributed by atoms with van der Waals surface area (Å²) in [4.78, 5) is 9.10. The van der Waals surface area contributed by atoms with E-state index in [4.69, 9.17) is 16.6 Å². The van der Waals surface area contributed by atoms with Crippen molar-refractivity contribution in [3.05, 3.63) is 21.1 Å². The minimum absolute atomic E-state index is 0.0296. The molecule has 0 amide bonds. The fourth-order valence-corrected chi connectivity index (χ4v) is 4.41. The normalized spacial score (nSPS) is 17.1. The number of halogens is 2. The molecule has 0 N–H and O–H groups in total. The molecule has 1 fully saturated rings. The maximum Gasteiger partial charge on any atom is 0.147 e. The highest BCUT2D eigenvalue weighted by molar-refractivity contribution is 9.10. The van der Waals surface area contributed by atoms with Crippen LogP contribution >= 0.6 is 39.3 Å². The summed E-state index contributed by atoms with van der Waals surface area (Å²) in [7, 11) is 0. The molecule has 1 aromatic rings. The number of hydrogen-bond donors (Lipinski definition) is 0. The molecule has 1 saturated carbocycles. The quantitative estimate of drug-likeness (QED) is 0.675. The summed E-state index contributed by atoms with van der Waals surface area (Å²) in [6.45, 7) is 6.43. The molecule has 0 radical (unpaired) electrons. The van der Waals surface area contributed by atoms with Gasteiger partial charge in [-0.2, -0.15) is 11.8 Å². The highest BCUT2D eigenvalue weighted by atomic mass is 79.9. The van der Waals surface area contributed by atoms with Gasteiger partial charge in [0.1, 0.15) is 11.0 Å². The zero-order valence-corrected chi connectivity index (χ0v) is 14.8.